The van der Waals surface area contributed by atoms with Crippen molar-refractivity contribution < 1.29 is 9.18 Å². The number of rotatable bonds is 7. The zero-order valence-corrected chi connectivity index (χ0v) is 12.6. The number of pyridine rings is 2. The first-order valence-corrected chi connectivity index (χ1v) is 7.39. The summed E-state index contributed by atoms with van der Waals surface area (Å²) < 4.78 is 14.4. The van der Waals surface area contributed by atoms with Crippen LogP contribution in [0, 0.1) is 12.9 Å². The molecule has 0 bridgehead atoms. The summed E-state index contributed by atoms with van der Waals surface area (Å²) >= 11 is 0. The van der Waals surface area contributed by atoms with E-state index < -0.39 is 5.95 Å². The number of aromatic nitrogens is 2. The average molecular weight is 302 g/mol. The Bertz CT molecular complexity index is 693. The molecule has 0 fully saturated rings. The molecule has 0 radical (unpaired) electrons. The molecular formula is C17H19FN2O2. The second-order valence-corrected chi connectivity index (χ2v) is 5.26. The fourth-order valence-electron chi connectivity index (χ4n) is 2.33. The lowest BCUT2D eigenvalue weighted by Crippen LogP contribution is -2.20. The van der Waals surface area contributed by atoms with Gasteiger partial charge >= 0.3 is 0 Å². The van der Waals surface area contributed by atoms with Crippen LogP contribution >= 0.6 is 0 Å². The van der Waals surface area contributed by atoms with Crippen molar-refractivity contribution in [3.63, 3.8) is 0 Å². The summed E-state index contributed by atoms with van der Waals surface area (Å²) in [5.41, 5.74) is 1.39. The van der Waals surface area contributed by atoms with E-state index in [1.54, 1.807) is 16.7 Å². The fourth-order valence-corrected chi connectivity index (χ4v) is 2.33. The molecule has 0 atom stereocenters. The molecule has 0 aliphatic carbocycles. The minimum Gasteiger partial charge on any atom is -0.313 e. The van der Waals surface area contributed by atoms with Crippen molar-refractivity contribution in [2.75, 3.05) is 0 Å². The lowest BCUT2D eigenvalue weighted by atomic mass is 10.1. The van der Waals surface area contributed by atoms with Gasteiger partial charge in [-0.05, 0) is 38.0 Å². The van der Waals surface area contributed by atoms with Crippen molar-refractivity contribution in [1.29, 1.82) is 0 Å². The number of ketones is 1. The molecule has 0 N–H and O–H groups in total. The van der Waals surface area contributed by atoms with Crippen molar-refractivity contribution in [3.05, 3.63) is 64.1 Å². The molecule has 2 aromatic heterocycles. The summed E-state index contributed by atoms with van der Waals surface area (Å²) in [6.45, 7) is 2.57. The summed E-state index contributed by atoms with van der Waals surface area (Å²) in [4.78, 5) is 27.1. The maximum atomic E-state index is 12.7. The molecular weight excluding hydrogens is 283 g/mol. The molecule has 2 aromatic rings. The highest BCUT2D eigenvalue weighted by molar-refractivity contribution is 5.95. The first kappa shape index (κ1) is 16.1. The number of aryl methyl sites for hydroxylation is 1. The van der Waals surface area contributed by atoms with Gasteiger partial charge < -0.3 is 4.57 Å². The molecule has 0 aromatic carbocycles. The van der Waals surface area contributed by atoms with E-state index in [1.807, 2.05) is 13.0 Å². The van der Waals surface area contributed by atoms with Gasteiger partial charge in [0, 0.05) is 36.5 Å². The van der Waals surface area contributed by atoms with E-state index in [0.717, 1.165) is 25.0 Å². The molecule has 2 heterocycles. The van der Waals surface area contributed by atoms with E-state index in [9.17, 15) is 14.0 Å². The summed E-state index contributed by atoms with van der Waals surface area (Å²) in [5, 5.41) is 0. The third kappa shape index (κ3) is 4.35. The smallest absolute Gasteiger partial charge is 0.250 e. The molecule has 0 aliphatic rings. The van der Waals surface area contributed by atoms with E-state index in [0.29, 0.717) is 18.5 Å². The highest BCUT2D eigenvalue weighted by Crippen LogP contribution is 2.09. The summed E-state index contributed by atoms with van der Waals surface area (Å²) in [5.74, 6) is -0.610. The van der Waals surface area contributed by atoms with E-state index in [-0.39, 0.29) is 11.3 Å². The Balaban J connectivity index is 1.74. The summed E-state index contributed by atoms with van der Waals surface area (Å²) in [6, 6.07) is 7.86. The molecule has 2 rings (SSSR count). The van der Waals surface area contributed by atoms with Crippen LogP contribution in [-0.2, 0) is 6.54 Å². The second-order valence-electron chi connectivity index (χ2n) is 5.26. The van der Waals surface area contributed by atoms with Gasteiger partial charge in [-0.25, -0.2) is 4.98 Å². The van der Waals surface area contributed by atoms with E-state index in [4.69, 9.17) is 0 Å². The number of unbranched alkanes of at least 4 members (excludes halogenated alkanes) is 2. The molecule has 22 heavy (non-hydrogen) atoms. The van der Waals surface area contributed by atoms with Crippen LogP contribution in [-0.4, -0.2) is 15.3 Å². The number of nitrogens with zero attached hydrogens (tertiary/aromatic N) is 2. The predicted octanol–water partition coefficient (Wildman–Crippen LogP) is 3.13. The summed E-state index contributed by atoms with van der Waals surface area (Å²) in [6.07, 6.45) is 4.14. The van der Waals surface area contributed by atoms with Crippen molar-refractivity contribution in [1.82, 2.24) is 9.55 Å². The third-order valence-corrected chi connectivity index (χ3v) is 3.60. The Labute approximate surface area is 128 Å². The zero-order valence-electron chi connectivity index (χ0n) is 12.6. The van der Waals surface area contributed by atoms with Crippen LogP contribution in [0.1, 0.15) is 41.7 Å². The quantitative estimate of drug-likeness (QED) is 0.448. The minimum absolute atomic E-state index is 0.00784. The highest BCUT2D eigenvalue weighted by atomic mass is 19.1. The maximum Gasteiger partial charge on any atom is 0.250 e. The normalized spacial score (nSPS) is 10.6. The molecule has 116 valence electrons. The van der Waals surface area contributed by atoms with Gasteiger partial charge in [0.05, 0.1) is 0 Å². The molecule has 0 saturated heterocycles. The van der Waals surface area contributed by atoms with Crippen molar-refractivity contribution in [3.8, 4) is 0 Å². The van der Waals surface area contributed by atoms with Crippen LogP contribution in [0.4, 0.5) is 4.39 Å². The Morgan fingerprint density at radius 3 is 2.68 bits per heavy atom. The average Bonchev–Trinajstić information content (AvgIpc) is 2.50. The van der Waals surface area contributed by atoms with Crippen LogP contribution in [0.25, 0.3) is 0 Å². The van der Waals surface area contributed by atoms with E-state index in [2.05, 4.69) is 4.98 Å². The number of Topliss-reactive ketones (excluding diaryl/α,β-unsaturated/α-hetero) is 1. The van der Waals surface area contributed by atoms with Crippen LogP contribution in [0.15, 0.2) is 41.3 Å². The largest absolute Gasteiger partial charge is 0.313 e. The molecule has 0 unspecified atom stereocenters. The minimum atomic E-state index is -0.583. The Morgan fingerprint density at radius 2 is 2.00 bits per heavy atom. The second kappa shape index (κ2) is 7.64. The molecule has 0 spiro atoms. The number of carbonyl (C=O) groups is 1. The Kier molecular flexibility index (Phi) is 5.58. The van der Waals surface area contributed by atoms with Gasteiger partial charge in [-0.3, -0.25) is 9.59 Å². The van der Waals surface area contributed by atoms with Gasteiger partial charge in [-0.1, -0.05) is 12.5 Å². The highest BCUT2D eigenvalue weighted by Gasteiger charge is 2.06. The first-order chi connectivity index (χ1) is 10.6. The van der Waals surface area contributed by atoms with Gasteiger partial charge in [0.15, 0.2) is 5.78 Å². The van der Waals surface area contributed by atoms with Crippen LogP contribution in [0.3, 0.4) is 0 Å². The van der Waals surface area contributed by atoms with Crippen molar-refractivity contribution in [2.24, 2.45) is 0 Å². The van der Waals surface area contributed by atoms with Crippen LogP contribution < -0.4 is 5.56 Å². The molecule has 0 aliphatic heterocycles. The monoisotopic (exact) mass is 302 g/mol. The number of hydrogen-bond acceptors (Lipinski definition) is 3. The molecule has 5 heteroatoms. The lowest BCUT2D eigenvalue weighted by molar-refractivity contribution is 0.0978. The SMILES string of the molecule is Cc1cccc(=O)n1CCCCCC(=O)c1ccc(F)nc1. The van der Waals surface area contributed by atoms with Gasteiger partial charge in [-0.15, -0.1) is 0 Å². The third-order valence-electron chi connectivity index (χ3n) is 3.60. The topological polar surface area (TPSA) is 52.0 Å². The van der Waals surface area contributed by atoms with Gasteiger partial charge in [0.2, 0.25) is 5.95 Å². The Morgan fingerprint density at radius 1 is 1.18 bits per heavy atom. The standard InChI is InChI=1S/C17H19FN2O2/c1-13-6-5-8-17(22)20(13)11-4-2-3-7-15(21)14-9-10-16(18)19-12-14/h5-6,8-10,12H,2-4,7,11H2,1H3. The lowest BCUT2D eigenvalue weighted by Gasteiger charge is -2.08. The Hall–Kier alpha value is -2.30. The number of carbonyl (C=O) groups excluding carboxylic acids is 1. The van der Waals surface area contributed by atoms with Gasteiger partial charge in [0.25, 0.3) is 5.56 Å². The van der Waals surface area contributed by atoms with Crippen molar-refractivity contribution >= 4 is 5.78 Å². The van der Waals surface area contributed by atoms with E-state index >= 15 is 0 Å². The van der Waals surface area contributed by atoms with E-state index in [1.165, 1.54) is 18.3 Å². The fraction of sp³-hybridized carbons (Fsp3) is 0.353. The van der Waals surface area contributed by atoms with Crippen molar-refractivity contribution in [2.45, 2.75) is 39.2 Å². The maximum absolute atomic E-state index is 12.7. The molecule has 0 amide bonds. The number of halogens is 1. The summed E-state index contributed by atoms with van der Waals surface area (Å²) in [7, 11) is 0. The molecule has 0 saturated carbocycles. The molecule has 4 nitrogen and oxygen atoms in total. The van der Waals surface area contributed by atoms with Gasteiger partial charge in [0.1, 0.15) is 0 Å². The van der Waals surface area contributed by atoms with Crippen LogP contribution in [0.2, 0.25) is 0 Å². The van der Waals surface area contributed by atoms with Gasteiger partial charge in [-0.2, -0.15) is 4.39 Å². The first-order valence-electron chi connectivity index (χ1n) is 7.39. The zero-order chi connectivity index (χ0) is 15.9. The predicted molar refractivity (Wildman–Crippen MR) is 82.4 cm³/mol. The van der Waals surface area contributed by atoms with Crippen LogP contribution in [0.5, 0.6) is 0 Å². The number of hydrogen-bond donors (Lipinski definition) is 0.